The van der Waals surface area contributed by atoms with Crippen LogP contribution in [0.15, 0.2) is 24.5 Å². The van der Waals surface area contributed by atoms with Crippen molar-refractivity contribution in [1.29, 1.82) is 0 Å². The number of hydrogen-bond acceptors (Lipinski definition) is 6. The first-order valence-electron chi connectivity index (χ1n) is 10.6. The zero-order valence-corrected chi connectivity index (χ0v) is 18.4. The van der Waals surface area contributed by atoms with E-state index in [-0.39, 0.29) is 24.4 Å². The fourth-order valence-electron chi connectivity index (χ4n) is 4.84. The van der Waals surface area contributed by atoms with Gasteiger partial charge in [-0.1, -0.05) is 0 Å². The molecule has 2 bridgehead atoms. The summed E-state index contributed by atoms with van der Waals surface area (Å²) in [5.74, 6) is -0.268. The van der Waals surface area contributed by atoms with Crippen molar-refractivity contribution in [2.24, 2.45) is 0 Å². The van der Waals surface area contributed by atoms with E-state index in [1.54, 1.807) is 33.8 Å². The Morgan fingerprint density at radius 3 is 2.71 bits per heavy atom. The van der Waals surface area contributed by atoms with Crippen LogP contribution in [-0.4, -0.2) is 76.1 Å². The molecule has 0 aromatic carbocycles. The van der Waals surface area contributed by atoms with Crippen molar-refractivity contribution in [1.82, 2.24) is 24.1 Å². The Bertz CT molecular complexity index is 1160. The average molecular weight is 447 g/mol. The van der Waals surface area contributed by atoms with Gasteiger partial charge in [-0.2, -0.15) is 9.40 Å². The molecular formula is C20H26N6O4S. The van der Waals surface area contributed by atoms with Crippen LogP contribution >= 0.6 is 0 Å². The van der Waals surface area contributed by atoms with E-state index in [0.29, 0.717) is 25.3 Å². The maximum Gasteiger partial charge on any atom is 0.328 e. The molecule has 3 saturated heterocycles. The Hall–Kier alpha value is -2.50. The number of urea groups is 1. The van der Waals surface area contributed by atoms with Crippen molar-refractivity contribution in [3.8, 4) is 0 Å². The number of nitrogens with one attached hydrogen (secondary N) is 1. The van der Waals surface area contributed by atoms with Crippen molar-refractivity contribution in [2.75, 3.05) is 24.5 Å². The van der Waals surface area contributed by atoms with Gasteiger partial charge in [0.25, 0.3) is 0 Å². The molecule has 0 unspecified atom stereocenters. The van der Waals surface area contributed by atoms with Gasteiger partial charge in [-0.15, -0.1) is 0 Å². The number of aromatic nitrogens is 2. The van der Waals surface area contributed by atoms with Crippen molar-refractivity contribution < 1.29 is 18.0 Å². The summed E-state index contributed by atoms with van der Waals surface area (Å²) in [6, 6.07) is 3.85. The monoisotopic (exact) mass is 446 g/mol. The number of amides is 3. The Morgan fingerprint density at radius 1 is 1.23 bits per heavy atom. The van der Waals surface area contributed by atoms with Crippen molar-refractivity contribution in [3.63, 3.8) is 0 Å². The summed E-state index contributed by atoms with van der Waals surface area (Å²) in [6.07, 6.45) is 4.63. The molecule has 2 aromatic rings. The molecule has 5 rings (SSSR count). The van der Waals surface area contributed by atoms with Crippen molar-refractivity contribution >= 4 is 33.2 Å². The molecule has 5 heterocycles. The number of anilines is 1. The quantitative estimate of drug-likeness (QED) is 0.727. The lowest BCUT2D eigenvalue weighted by Crippen LogP contribution is -2.50. The second-order valence-electron chi connectivity index (χ2n) is 8.79. The van der Waals surface area contributed by atoms with E-state index in [1.165, 1.54) is 0 Å². The van der Waals surface area contributed by atoms with Crippen LogP contribution in [0.4, 0.5) is 10.5 Å². The molecule has 0 aliphatic carbocycles. The third-order valence-corrected chi connectivity index (χ3v) is 8.81. The summed E-state index contributed by atoms with van der Waals surface area (Å²) in [5.41, 5.74) is 2.55. The molecule has 0 radical (unpaired) electrons. The first-order chi connectivity index (χ1) is 14.7. The molecule has 1 N–H and O–H groups in total. The Morgan fingerprint density at radius 2 is 2.03 bits per heavy atom. The van der Waals surface area contributed by atoms with Crippen molar-refractivity contribution in [2.45, 2.75) is 50.6 Å². The number of carbonyl (C=O) groups excluding carboxylic acids is 2. The topological polar surface area (TPSA) is 107 Å². The summed E-state index contributed by atoms with van der Waals surface area (Å²) in [4.78, 5) is 27.6. The number of fused-ring (bicyclic) bond motifs is 3. The largest absolute Gasteiger partial charge is 0.328 e. The smallest absolute Gasteiger partial charge is 0.293 e. The Kier molecular flexibility index (Phi) is 4.79. The first kappa shape index (κ1) is 20.4. The highest BCUT2D eigenvalue weighted by molar-refractivity contribution is 7.89. The van der Waals surface area contributed by atoms with E-state index in [0.717, 1.165) is 24.0 Å². The molecule has 10 nitrogen and oxygen atoms in total. The van der Waals surface area contributed by atoms with E-state index in [1.807, 2.05) is 18.3 Å². The van der Waals surface area contributed by atoms with Gasteiger partial charge in [-0.05, 0) is 38.0 Å². The zero-order valence-electron chi connectivity index (χ0n) is 17.6. The molecule has 2 atom stereocenters. The average Bonchev–Trinajstić information content (AvgIpc) is 3.42. The third kappa shape index (κ3) is 3.40. The van der Waals surface area contributed by atoms with E-state index < -0.39 is 21.3 Å². The number of carbonyl (C=O) groups is 2. The second-order valence-corrected chi connectivity index (χ2v) is 11.2. The minimum Gasteiger partial charge on any atom is -0.293 e. The number of nitrogens with zero attached hydrogens (tertiary/aromatic N) is 5. The number of pyridine rings is 1. The molecule has 3 aliphatic heterocycles. The van der Waals surface area contributed by atoms with Crippen LogP contribution < -0.4 is 10.2 Å². The van der Waals surface area contributed by atoms with Gasteiger partial charge >= 0.3 is 6.03 Å². The van der Waals surface area contributed by atoms with E-state index in [2.05, 4.69) is 15.3 Å². The van der Waals surface area contributed by atoms with Crippen LogP contribution in [0, 0.1) is 0 Å². The maximum atomic E-state index is 12.6. The molecule has 166 valence electrons. The van der Waals surface area contributed by atoms with Gasteiger partial charge in [-0.3, -0.25) is 19.9 Å². The third-order valence-electron chi connectivity index (χ3n) is 6.52. The van der Waals surface area contributed by atoms with E-state index in [4.69, 9.17) is 0 Å². The molecule has 31 heavy (non-hydrogen) atoms. The lowest BCUT2D eigenvalue weighted by Gasteiger charge is -2.34. The zero-order chi connectivity index (χ0) is 21.9. The van der Waals surface area contributed by atoms with Crippen LogP contribution in [-0.2, 0) is 21.4 Å². The molecule has 3 fully saturated rings. The number of imide groups is 1. The Labute approximate surface area is 180 Å². The summed E-state index contributed by atoms with van der Waals surface area (Å²) >= 11 is 0. The minimum absolute atomic E-state index is 0.0428. The van der Waals surface area contributed by atoms with Crippen LogP contribution in [0.1, 0.15) is 32.3 Å². The van der Waals surface area contributed by atoms with Gasteiger partial charge in [0, 0.05) is 50.9 Å². The van der Waals surface area contributed by atoms with Gasteiger partial charge in [0.15, 0.2) is 0 Å². The van der Waals surface area contributed by atoms with Crippen molar-refractivity contribution in [3.05, 3.63) is 30.1 Å². The number of likely N-dealkylation sites (tertiary alicyclic amines) is 1. The summed E-state index contributed by atoms with van der Waals surface area (Å²) in [6.45, 7) is 5.78. The fourth-order valence-corrected chi connectivity index (χ4v) is 6.33. The van der Waals surface area contributed by atoms with Gasteiger partial charge < -0.3 is 0 Å². The SMILES string of the molecule is CC(C)S(=O)(=O)N1C[C@@H]2C[C@H]1CN2Cc1ccn2ncc(N3CCC(=O)NC3=O)c2c1. The maximum absolute atomic E-state index is 12.6. The number of rotatable bonds is 5. The normalized spacial score (nSPS) is 25.2. The fraction of sp³-hybridized carbons (Fsp3) is 0.550. The van der Waals surface area contributed by atoms with Gasteiger partial charge in [0.1, 0.15) is 0 Å². The highest BCUT2D eigenvalue weighted by Crippen LogP contribution is 2.35. The molecule has 3 aliphatic rings. The minimum atomic E-state index is -3.22. The summed E-state index contributed by atoms with van der Waals surface area (Å²) in [5, 5.41) is 6.28. The van der Waals surface area contributed by atoms with Gasteiger partial charge in [-0.25, -0.2) is 17.7 Å². The molecule has 3 amide bonds. The highest BCUT2D eigenvalue weighted by atomic mass is 32.2. The van der Waals surface area contributed by atoms with Crippen LogP contribution in [0.3, 0.4) is 0 Å². The number of piperazine rings is 1. The lowest BCUT2D eigenvalue weighted by molar-refractivity contribution is -0.120. The number of hydrogen-bond donors (Lipinski definition) is 1. The van der Waals surface area contributed by atoms with E-state index in [9.17, 15) is 18.0 Å². The molecule has 2 aromatic heterocycles. The van der Waals surface area contributed by atoms with E-state index >= 15 is 0 Å². The summed E-state index contributed by atoms with van der Waals surface area (Å²) in [7, 11) is -3.22. The summed E-state index contributed by atoms with van der Waals surface area (Å²) < 4.78 is 28.6. The molecule has 0 spiro atoms. The molecular weight excluding hydrogens is 420 g/mol. The highest BCUT2D eigenvalue weighted by Gasteiger charge is 2.48. The Balaban J connectivity index is 1.34. The predicted octanol–water partition coefficient (Wildman–Crippen LogP) is 0.777. The predicted molar refractivity (Wildman–Crippen MR) is 114 cm³/mol. The van der Waals surface area contributed by atoms with Gasteiger partial charge in [0.05, 0.1) is 22.7 Å². The standard InChI is InChI=1S/C20H26N6O4S/c1-13(2)31(29,30)26-12-15-8-16(26)11-23(15)10-14-3-6-25-17(7-14)18(9-21-25)24-5-4-19(27)22-20(24)28/h3,6-7,9,13,15-16H,4-5,8,10-12H2,1-2H3,(H,22,27,28)/t15-,16-/m0/s1. The van der Waals surface area contributed by atoms with Gasteiger partial charge in [0.2, 0.25) is 15.9 Å². The lowest BCUT2D eigenvalue weighted by atomic mass is 10.2. The van der Waals surface area contributed by atoms with Crippen LogP contribution in [0.25, 0.3) is 5.52 Å². The second kappa shape index (κ2) is 7.28. The molecule has 0 saturated carbocycles. The van der Waals surface area contributed by atoms with Crippen LogP contribution in [0.5, 0.6) is 0 Å². The first-order valence-corrected chi connectivity index (χ1v) is 12.1. The van der Waals surface area contributed by atoms with Crippen LogP contribution in [0.2, 0.25) is 0 Å². The number of sulfonamides is 1. The molecule has 11 heteroatoms.